The number of nitrogens with one attached hydrogen (secondary N) is 1. The van der Waals surface area contributed by atoms with Gasteiger partial charge in [-0.05, 0) is 46.6 Å². The van der Waals surface area contributed by atoms with Gasteiger partial charge in [-0.25, -0.2) is 8.78 Å². The Labute approximate surface area is 128 Å². The van der Waals surface area contributed by atoms with E-state index in [0.717, 1.165) is 12.1 Å². The van der Waals surface area contributed by atoms with Crippen LogP contribution in [0.1, 0.15) is 18.5 Å². The molecular weight excluding hydrogens is 346 g/mol. The Kier molecular flexibility index (Phi) is 4.52. The number of anilines is 1. The van der Waals surface area contributed by atoms with Crippen LogP contribution in [-0.2, 0) is 0 Å². The first-order chi connectivity index (χ1) is 9.88. The summed E-state index contributed by atoms with van der Waals surface area (Å²) >= 11 is 3.24. The molecule has 0 aromatic heterocycles. The van der Waals surface area contributed by atoms with E-state index >= 15 is 0 Å². The van der Waals surface area contributed by atoms with E-state index in [-0.39, 0.29) is 11.7 Å². The first-order valence-corrected chi connectivity index (χ1v) is 6.83. The van der Waals surface area contributed by atoms with E-state index in [1.54, 1.807) is 13.0 Å². The molecule has 0 spiro atoms. The second-order valence-electron chi connectivity index (χ2n) is 4.46. The van der Waals surface area contributed by atoms with E-state index in [0.29, 0.717) is 15.7 Å². The third kappa shape index (κ3) is 3.55. The average Bonchev–Trinajstić information content (AvgIpc) is 2.43. The van der Waals surface area contributed by atoms with Crippen LogP contribution in [0.15, 0.2) is 40.9 Å². The smallest absolute Gasteiger partial charge is 0.270 e. The molecule has 1 unspecified atom stereocenters. The second-order valence-corrected chi connectivity index (χ2v) is 5.32. The summed E-state index contributed by atoms with van der Waals surface area (Å²) in [6, 6.07) is 7.66. The molecular formula is C14H11BrF2N2O2. The largest absolute Gasteiger partial charge is 0.378 e. The SMILES string of the molecule is CC(Nc1ccc([N+](=O)[O-])cc1Br)c1ccc(F)c(F)c1. The molecule has 4 nitrogen and oxygen atoms in total. The molecule has 0 aliphatic carbocycles. The molecule has 110 valence electrons. The van der Waals surface area contributed by atoms with Crippen molar-refractivity contribution in [2.24, 2.45) is 0 Å². The maximum Gasteiger partial charge on any atom is 0.270 e. The predicted octanol–water partition coefficient (Wildman–Crippen LogP) is 4.81. The molecule has 0 heterocycles. The van der Waals surface area contributed by atoms with Gasteiger partial charge in [-0.15, -0.1) is 0 Å². The van der Waals surface area contributed by atoms with Crippen molar-refractivity contribution in [2.75, 3.05) is 5.32 Å². The van der Waals surface area contributed by atoms with Crippen molar-refractivity contribution in [3.8, 4) is 0 Å². The van der Waals surface area contributed by atoms with Crippen molar-refractivity contribution in [3.05, 3.63) is 68.2 Å². The minimum atomic E-state index is -0.913. The minimum absolute atomic E-state index is 0.0343. The number of non-ortho nitro benzene ring substituents is 1. The van der Waals surface area contributed by atoms with E-state index in [9.17, 15) is 18.9 Å². The summed E-state index contributed by atoms with van der Waals surface area (Å²) in [6.45, 7) is 1.78. The lowest BCUT2D eigenvalue weighted by atomic mass is 10.1. The number of benzene rings is 2. The van der Waals surface area contributed by atoms with E-state index < -0.39 is 16.6 Å². The summed E-state index contributed by atoms with van der Waals surface area (Å²) in [5.41, 5.74) is 1.16. The number of nitrogens with zero attached hydrogens (tertiary/aromatic N) is 1. The van der Waals surface area contributed by atoms with Gasteiger partial charge in [0, 0.05) is 28.3 Å². The molecule has 0 radical (unpaired) electrons. The van der Waals surface area contributed by atoms with Gasteiger partial charge >= 0.3 is 0 Å². The lowest BCUT2D eigenvalue weighted by molar-refractivity contribution is -0.384. The third-order valence-corrected chi connectivity index (χ3v) is 3.64. The third-order valence-electron chi connectivity index (χ3n) is 2.98. The first kappa shape index (κ1) is 15.4. The van der Waals surface area contributed by atoms with Crippen molar-refractivity contribution in [1.82, 2.24) is 0 Å². The van der Waals surface area contributed by atoms with E-state index in [4.69, 9.17) is 0 Å². The Balaban J connectivity index is 2.21. The second kappa shape index (κ2) is 6.17. The molecule has 2 rings (SSSR count). The van der Waals surface area contributed by atoms with Gasteiger partial charge < -0.3 is 5.32 Å². The lowest BCUT2D eigenvalue weighted by Gasteiger charge is -2.17. The summed E-state index contributed by atoms with van der Waals surface area (Å²) in [7, 11) is 0. The molecule has 21 heavy (non-hydrogen) atoms. The summed E-state index contributed by atoms with van der Waals surface area (Å²) in [5, 5.41) is 13.7. The zero-order valence-electron chi connectivity index (χ0n) is 10.9. The van der Waals surface area contributed by atoms with Crippen LogP contribution in [0.2, 0.25) is 0 Å². The Hall–Kier alpha value is -2.02. The number of halogens is 3. The zero-order chi connectivity index (χ0) is 15.6. The summed E-state index contributed by atoms with van der Waals surface area (Å²) < 4.78 is 26.6. The van der Waals surface area contributed by atoms with Crippen LogP contribution in [-0.4, -0.2) is 4.92 Å². The van der Waals surface area contributed by atoms with Gasteiger partial charge in [0.2, 0.25) is 0 Å². The minimum Gasteiger partial charge on any atom is -0.378 e. The highest BCUT2D eigenvalue weighted by Gasteiger charge is 2.13. The maximum atomic E-state index is 13.2. The highest BCUT2D eigenvalue weighted by Crippen LogP contribution is 2.30. The van der Waals surface area contributed by atoms with E-state index in [1.165, 1.54) is 18.2 Å². The van der Waals surface area contributed by atoms with Crippen LogP contribution in [0, 0.1) is 21.7 Å². The van der Waals surface area contributed by atoms with Crippen LogP contribution in [0.5, 0.6) is 0 Å². The fourth-order valence-electron chi connectivity index (χ4n) is 1.83. The van der Waals surface area contributed by atoms with Crippen molar-refractivity contribution in [3.63, 3.8) is 0 Å². The average molecular weight is 357 g/mol. The highest BCUT2D eigenvalue weighted by atomic mass is 79.9. The maximum absolute atomic E-state index is 13.2. The van der Waals surface area contributed by atoms with Gasteiger partial charge in [0.05, 0.1) is 4.92 Å². The Morgan fingerprint density at radius 3 is 2.48 bits per heavy atom. The van der Waals surface area contributed by atoms with Gasteiger partial charge in [-0.3, -0.25) is 10.1 Å². The van der Waals surface area contributed by atoms with Crippen molar-refractivity contribution >= 4 is 27.3 Å². The monoisotopic (exact) mass is 356 g/mol. The topological polar surface area (TPSA) is 55.2 Å². The molecule has 0 amide bonds. The standard InChI is InChI=1S/C14H11BrF2N2O2/c1-8(9-2-4-12(16)13(17)6-9)18-14-5-3-10(19(20)21)7-11(14)15/h2-8,18H,1H3. The molecule has 0 fully saturated rings. The molecule has 2 aromatic rings. The van der Waals surface area contributed by atoms with Crippen LogP contribution in [0.4, 0.5) is 20.2 Å². The van der Waals surface area contributed by atoms with E-state index in [1.807, 2.05) is 0 Å². The Bertz CT molecular complexity index is 695. The summed E-state index contributed by atoms with van der Waals surface area (Å²) in [5.74, 6) is -1.81. The van der Waals surface area contributed by atoms with Gasteiger partial charge in [0.15, 0.2) is 11.6 Å². The molecule has 0 saturated carbocycles. The molecule has 1 N–H and O–H groups in total. The molecule has 0 bridgehead atoms. The van der Waals surface area contributed by atoms with Gasteiger partial charge in [-0.1, -0.05) is 6.07 Å². The number of hydrogen-bond acceptors (Lipinski definition) is 3. The number of rotatable bonds is 4. The molecule has 0 aliphatic heterocycles. The molecule has 7 heteroatoms. The highest BCUT2D eigenvalue weighted by molar-refractivity contribution is 9.10. The van der Waals surface area contributed by atoms with Crippen LogP contribution in [0.25, 0.3) is 0 Å². The lowest BCUT2D eigenvalue weighted by Crippen LogP contribution is -2.08. The van der Waals surface area contributed by atoms with Crippen molar-refractivity contribution in [1.29, 1.82) is 0 Å². The molecule has 2 aromatic carbocycles. The Morgan fingerprint density at radius 2 is 1.90 bits per heavy atom. The number of hydrogen-bond donors (Lipinski definition) is 1. The zero-order valence-corrected chi connectivity index (χ0v) is 12.5. The Morgan fingerprint density at radius 1 is 1.19 bits per heavy atom. The van der Waals surface area contributed by atoms with Crippen LogP contribution < -0.4 is 5.32 Å². The summed E-state index contributed by atoms with van der Waals surface area (Å²) in [4.78, 5) is 10.2. The quantitative estimate of drug-likeness (QED) is 0.631. The van der Waals surface area contributed by atoms with Crippen molar-refractivity contribution in [2.45, 2.75) is 13.0 Å². The molecule has 0 saturated heterocycles. The van der Waals surface area contributed by atoms with Crippen LogP contribution >= 0.6 is 15.9 Å². The van der Waals surface area contributed by atoms with Crippen LogP contribution in [0.3, 0.4) is 0 Å². The fourth-order valence-corrected chi connectivity index (χ4v) is 2.31. The number of nitro groups is 1. The predicted molar refractivity (Wildman–Crippen MR) is 79.2 cm³/mol. The van der Waals surface area contributed by atoms with Gasteiger partial charge in [0.1, 0.15) is 0 Å². The molecule has 0 aliphatic rings. The van der Waals surface area contributed by atoms with Gasteiger partial charge in [0.25, 0.3) is 5.69 Å². The molecule has 1 atom stereocenters. The normalized spacial score (nSPS) is 12.0. The first-order valence-electron chi connectivity index (χ1n) is 6.04. The number of nitro benzene ring substituents is 1. The van der Waals surface area contributed by atoms with Gasteiger partial charge in [-0.2, -0.15) is 0 Å². The van der Waals surface area contributed by atoms with Crippen molar-refractivity contribution < 1.29 is 13.7 Å². The van der Waals surface area contributed by atoms with E-state index in [2.05, 4.69) is 21.2 Å². The summed E-state index contributed by atoms with van der Waals surface area (Å²) in [6.07, 6.45) is 0. The fraction of sp³-hybridized carbons (Fsp3) is 0.143.